The predicted octanol–water partition coefficient (Wildman–Crippen LogP) is 0.0524. The standard InChI is InChI=1S/C8H14N2/c1-2-10-4-7-3-6(1)8(5-10)9-7/h6-9H,1-5H2/t6-,7+,8-/m0/s1. The molecule has 3 aliphatic heterocycles. The van der Waals surface area contributed by atoms with Crippen LogP contribution in [0.5, 0.6) is 0 Å². The van der Waals surface area contributed by atoms with Crippen LogP contribution in [0.2, 0.25) is 0 Å². The summed E-state index contributed by atoms with van der Waals surface area (Å²) in [4.78, 5) is 2.62. The summed E-state index contributed by atoms with van der Waals surface area (Å²) < 4.78 is 0. The van der Waals surface area contributed by atoms with Crippen molar-refractivity contribution in [3.8, 4) is 0 Å². The molecule has 2 heteroatoms. The van der Waals surface area contributed by atoms with Gasteiger partial charge >= 0.3 is 0 Å². The maximum absolute atomic E-state index is 3.68. The zero-order chi connectivity index (χ0) is 6.55. The van der Waals surface area contributed by atoms with E-state index in [0.29, 0.717) is 0 Å². The van der Waals surface area contributed by atoms with Gasteiger partial charge in [0.05, 0.1) is 0 Å². The molecule has 0 saturated carbocycles. The molecule has 3 saturated heterocycles. The topological polar surface area (TPSA) is 15.3 Å². The van der Waals surface area contributed by atoms with Gasteiger partial charge in [0.15, 0.2) is 0 Å². The van der Waals surface area contributed by atoms with E-state index in [1.165, 1.54) is 32.5 Å². The maximum atomic E-state index is 3.68. The molecule has 3 heterocycles. The fourth-order valence-electron chi connectivity index (χ4n) is 2.88. The maximum Gasteiger partial charge on any atom is 0.0227 e. The van der Waals surface area contributed by atoms with Gasteiger partial charge in [-0.05, 0) is 25.3 Å². The summed E-state index contributed by atoms with van der Waals surface area (Å²) in [6.45, 7) is 4.04. The molecule has 3 bridgehead atoms. The molecule has 10 heavy (non-hydrogen) atoms. The molecule has 3 aliphatic rings. The van der Waals surface area contributed by atoms with E-state index in [1.54, 1.807) is 0 Å². The Morgan fingerprint density at radius 1 is 1.30 bits per heavy atom. The third-order valence-electron chi connectivity index (χ3n) is 3.36. The largest absolute Gasteiger partial charge is 0.308 e. The molecule has 0 aliphatic carbocycles. The van der Waals surface area contributed by atoms with E-state index in [9.17, 15) is 0 Å². The van der Waals surface area contributed by atoms with Crippen molar-refractivity contribution in [2.75, 3.05) is 19.6 Å². The minimum Gasteiger partial charge on any atom is -0.308 e. The van der Waals surface area contributed by atoms with Crippen molar-refractivity contribution in [2.45, 2.75) is 24.9 Å². The fourth-order valence-corrected chi connectivity index (χ4v) is 2.88. The molecule has 4 atom stereocenters. The number of hydrogen-bond acceptors (Lipinski definition) is 2. The van der Waals surface area contributed by atoms with Crippen LogP contribution >= 0.6 is 0 Å². The van der Waals surface area contributed by atoms with Gasteiger partial charge < -0.3 is 10.2 Å². The minimum atomic E-state index is 0.853. The van der Waals surface area contributed by atoms with Crippen molar-refractivity contribution in [3.05, 3.63) is 0 Å². The van der Waals surface area contributed by atoms with Crippen molar-refractivity contribution >= 4 is 0 Å². The van der Waals surface area contributed by atoms with Crippen LogP contribution in [-0.2, 0) is 0 Å². The van der Waals surface area contributed by atoms with Gasteiger partial charge in [0, 0.05) is 25.2 Å². The quantitative estimate of drug-likeness (QED) is 0.509. The van der Waals surface area contributed by atoms with Gasteiger partial charge in [-0.1, -0.05) is 0 Å². The molecule has 2 nitrogen and oxygen atoms in total. The van der Waals surface area contributed by atoms with Crippen molar-refractivity contribution in [1.29, 1.82) is 0 Å². The molecule has 3 fully saturated rings. The van der Waals surface area contributed by atoms with Crippen molar-refractivity contribution < 1.29 is 0 Å². The Labute approximate surface area is 61.6 Å². The molecule has 0 aromatic rings. The molecular weight excluding hydrogens is 124 g/mol. The zero-order valence-corrected chi connectivity index (χ0v) is 6.21. The lowest BCUT2D eigenvalue weighted by Crippen LogP contribution is -2.54. The van der Waals surface area contributed by atoms with Gasteiger partial charge in [0.1, 0.15) is 0 Å². The van der Waals surface area contributed by atoms with Crippen LogP contribution in [0.25, 0.3) is 0 Å². The number of nitrogens with one attached hydrogen (secondary N) is 1. The smallest absolute Gasteiger partial charge is 0.0227 e. The molecule has 3 rings (SSSR count). The number of piperidine rings is 1. The Hall–Kier alpha value is -0.0800. The monoisotopic (exact) mass is 138 g/mol. The molecule has 1 N–H and O–H groups in total. The molecule has 1 unspecified atom stereocenters. The first-order valence-electron chi connectivity index (χ1n) is 4.40. The second-order valence-electron chi connectivity index (χ2n) is 4.01. The first kappa shape index (κ1) is 5.56. The lowest BCUT2D eigenvalue weighted by Gasteiger charge is -2.37. The van der Waals surface area contributed by atoms with Crippen LogP contribution in [0.1, 0.15) is 12.8 Å². The predicted molar refractivity (Wildman–Crippen MR) is 39.9 cm³/mol. The molecule has 0 aromatic heterocycles. The van der Waals surface area contributed by atoms with Crippen LogP contribution < -0.4 is 5.32 Å². The molecule has 0 amide bonds. The van der Waals surface area contributed by atoms with Crippen molar-refractivity contribution in [3.63, 3.8) is 0 Å². The van der Waals surface area contributed by atoms with E-state index in [2.05, 4.69) is 10.2 Å². The second-order valence-corrected chi connectivity index (χ2v) is 4.01. The number of piperazine rings is 1. The van der Waals surface area contributed by atoms with Gasteiger partial charge in [-0.25, -0.2) is 0 Å². The van der Waals surface area contributed by atoms with Gasteiger partial charge in [0.25, 0.3) is 0 Å². The van der Waals surface area contributed by atoms with Crippen LogP contribution in [0.3, 0.4) is 0 Å². The lowest BCUT2D eigenvalue weighted by atomic mass is 9.94. The summed E-state index contributed by atoms with van der Waals surface area (Å²) >= 11 is 0. The highest BCUT2D eigenvalue weighted by molar-refractivity contribution is 5.01. The molecule has 56 valence electrons. The van der Waals surface area contributed by atoms with E-state index in [0.717, 1.165) is 18.0 Å². The summed E-state index contributed by atoms with van der Waals surface area (Å²) in [5.41, 5.74) is 0. The van der Waals surface area contributed by atoms with E-state index in [1.807, 2.05) is 0 Å². The van der Waals surface area contributed by atoms with E-state index >= 15 is 0 Å². The van der Waals surface area contributed by atoms with Crippen LogP contribution in [0.15, 0.2) is 0 Å². The Balaban J connectivity index is 1.94. The molecule has 0 spiro atoms. The Kier molecular flexibility index (Phi) is 0.968. The highest BCUT2D eigenvalue weighted by atomic mass is 15.3. The highest BCUT2D eigenvalue weighted by Gasteiger charge is 2.42. The summed E-state index contributed by atoms with van der Waals surface area (Å²) in [5, 5.41) is 3.68. The molecule has 0 aromatic carbocycles. The lowest BCUT2D eigenvalue weighted by molar-refractivity contribution is 0.146. The third-order valence-corrected chi connectivity index (χ3v) is 3.36. The van der Waals surface area contributed by atoms with Crippen LogP contribution in [-0.4, -0.2) is 36.6 Å². The van der Waals surface area contributed by atoms with E-state index in [4.69, 9.17) is 0 Å². The Morgan fingerprint density at radius 3 is 3.30 bits per heavy atom. The summed E-state index contributed by atoms with van der Waals surface area (Å²) in [7, 11) is 0. The van der Waals surface area contributed by atoms with Gasteiger partial charge in [-0.3, -0.25) is 0 Å². The van der Waals surface area contributed by atoms with Crippen LogP contribution in [0.4, 0.5) is 0 Å². The summed E-state index contributed by atoms with van der Waals surface area (Å²) in [6.07, 6.45) is 2.91. The van der Waals surface area contributed by atoms with E-state index in [-0.39, 0.29) is 0 Å². The molecular formula is C8H14N2. The zero-order valence-electron chi connectivity index (χ0n) is 6.21. The van der Waals surface area contributed by atoms with Gasteiger partial charge in [-0.15, -0.1) is 0 Å². The number of rotatable bonds is 0. The van der Waals surface area contributed by atoms with E-state index < -0.39 is 0 Å². The summed E-state index contributed by atoms with van der Waals surface area (Å²) in [6, 6.07) is 1.72. The second kappa shape index (κ2) is 1.74. The minimum absolute atomic E-state index is 0.853. The number of nitrogens with zero attached hydrogens (tertiary/aromatic N) is 1. The summed E-state index contributed by atoms with van der Waals surface area (Å²) in [5.74, 6) is 1.03. The number of hydrogen-bond donors (Lipinski definition) is 1. The normalized spacial score (nSPS) is 57.6. The third kappa shape index (κ3) is 0.611. The van der Waals surface area contributed by atoms with Gasteiger partial charge in [-0.2, -0.15) is 0 Å². The van der Waals surface area contributed by atoms with Gasteiger partial charge in [0.2, 0.25) is 0 Å². The highest BCUT2D eigenvalue weighted by Crippen LogP contribution is 2.33. The molecule has 0 radical (unpaired) electrons. The van der Waals surface area contributed by atoms with Crippen molar-refractivity contribution in [1.82, 2.24) is 10.2 Å². The van der Waals surface area contributed by atoms with Crippen molar-refractivity contribution in [2.24, 2.45) is 5.92 Å². The van der Waals surface area contributed by atoms with Crippen LogP contribution in [0, 0.1) is 5.92 Å². The average molecular weight is 138 g/mol. The average Bonchev–Trinajstić information content (AvgIpc) is 2.11. The first-order chi connectivity index (χ1) is 4.92. The number of fused-ring (bicyclic) bond motifs is 2. The Morgan fingerprint density at radius 2 is 2.30 bits per heavy atom. The SMILES string of the molecule is C1CN2C[C@H]3C[C@H]1[C@H](C2)N3. The Bertz CT molecular complexity index is 147. The first-order valence-corrected chi connectivity index (χ1v) is 4.40. The fraction of sp³-hybridized carbons (Fsp3) is 1.00.